The second-order valence-electron chi connectivity index (χ2n) is 5.67. The number of amides is 2. The van der Waals surface area contributed by atoms with E-state index in [-0.39, 0.29) is 11.4 Å². The summed E-state index contributed by atoms with van der Waals surface area (Å²) in [6.45, 7) is -3.70. The molecule has 174 valence electrons. The van der Waals surface area contributed by atoms with Crippen LogP contribution in [0.4, 0.5) is 48.3 Å². The highest BCUT2D eigenvalue weighted by Gasteiger charge is 2.31. The van der Waals surface area contributed by atoms with E-state index in [2.05, 4.69) is 19.4 Å². The molecular weight excluding hydrogens is 480 g/mol. The fourth-order valence-electron chi connectivity index (χ4n) is 1.89. The van der Waals surface area contributed by atoms with Crippen LogP contribution in [-0.2, 0) is 0 Å². The predicted molar refractivity (Wildman–Crippen MR) is 95.6 cm³/mol. The maximum atomic E-state index is 12.3. The van der Waals surface area contributed by atoms with Gasteiger partial charge in [-0.2, -0.15) is 36.3 Å². The molecule has 2 rings (SSSR count). The molecule has 0 fully saturated rings. The van der Waals surface area contributed by atoms with Gasteiger partial charge in [-0.25, -0.2) is 9.21 Å². The van der Waals surface area contributed by atoms with Crippen LogP contribution >= 0.6 is 11.8 Å². The second-order valence-corrected chi connectivity index (χ2v) is 6.00. The molecule has 0 radical (unpaired) electrons. The van der Waals surface area contributed by atoms with E-state index in [9.17, 15) is 41.3 Å². The Kier molecular flexibility index (Phi) is 7.50. The number of urea groups is 1. The van der Waals surface area contributed by atoms with Crippen LogP contribution in [0.2, 0.25) is 0 Å². The van der Waals surface area contributed by atoms with Crippen LogP contribution in [-0.4, -0.2) is 46.5 Å². The van der Waals surface area contributed by atoms with Crippen molar-refractivity contribution in [1.82, 2.24) is 9.97 Å². The van der Waals surface area contributed by atoms with E-state index in [0.717, 1.165) is 24.3 Å². The molecule has 1 aromatic carbocycles. The van der Waals surface area contributed by atoms with E-state index in [4.69, 9.17) is 11.8 Å². The Labute approximate surface area is 179 Å². The van der Waals surface area contributed by atoms with Crippen molar-refractivity contribution in [2.24, 2.45) is 0 Å². The standard InChI is InChI=1S/C15H10ClF6N5O5/c16-26(8-1-3-9(4-2-8)27(29)30)13(28)24-10-5-11(31-6-14(17,18)19)25-12(23-10)32-7-15(20,21)22/h1-5H,6-7H2,(H,23,24,25,28). The van der Waals surface area contributed by atoms with Gasteiger partial charge >= 0.3 is 24.4 Å². The highest BCUT2D eigenvalue weighted by atomic mass is 35.5. The Morgan fingerprint density at radius 1 is 1.06 bits per heavy atom. The fraction of sp³-hybridized carbons (Fsp3) is 0.267. The zero-order valence-electron chi connectivity index (χ0n) is 15.3. The predicted octanol–water partition coefficient (Wildman–Crippen LogP) is 4.46. The Morgan fingerprint density at radius 2 is 1.62 bits per heavy atom. The molecule has 17 heteroatoms. The van der Waals surface area contributed by atoms with Gasteiger partial charge < -0.3 is 9.47 Å². The number of carbonyl (C=O) groups excluding carboxylic acids is 1. The molecule has 0 bridgehead atoms. The maximum Gasteiger partial charge on any atom is 0.422 e. The minimum Gasteiger partial charge on any atom is -0.468 e. The first-order chi connectivity index (χ1) is 14.7. The van der Waals surface area contributed by atoms with E-state index < -0.39 is 54.2 Å². The number of anilines is 2. The molecule has 1 heterocycles. The molecule has 10 nitrogen and oxygen atoms in total. The lowest BCUT2D eigenvalue weighted by Crippen LogP contribution is -2.27. The third-order valence-corrected chi connectivity index (χ3v) is 3.48. The molecule has 0 unspecified atom stereocenters. The molecule has 0 saturated heterocycles. The minimum absolute atomic E-state index is 0.0501. The number of nitrogens with zero attached hydrogens (tertiary/aromatic N) is 4. The van der Waals surface area contributed by atoms with Gasteiger partial charge in [0, 0.05) is 30.0 Å². The number of nitro benzene ring substituents is 1. The lowest BCUT2D eigenvalue weighted by atomic mass is 10.3. The van der Waals surface area contributed by atoms with Gasteiger partial charge in [-0.15, -0.1) is 0 Å². The number of benzene rings is 1. The molecule has 1 aromatic heterocycles. The molecular formula is C15H10ClF6N5O5. The normalized spacial score (nSPS) is 11.6. The van der Waals surface area contributed by atoms with Crippen LogP contribution in [0.1, 0.15) is 0 Å². The summed E-state index contributed by atoms with van der Waals surface area (Å²) in [4.78, 5) is 28.9. The van der Waals surface area contributed by atoms with Crippen molar-refractivity contribution in [3.8, 4) is 11.9 Å². The summed E-state index contributed by atoms with van der Waals surface area (Å²) in [5.41, 5.74) is -0.348. The Morgan fingerprint density at radius 3 is 2.16 bits per heavy atom. The lowest BCUT2D eigenvalue weighted by molar-refractivity contribution is -0.384. The largest absolute Gasteiger partial charge is 0.468 e. The molecule has 1 N–H and O–H groups in total. The minimum atomic E-state index is -4.81. The Bertz CT molecular complexity index is 936. The topological polar surface area (TPSA) is 120 Å². The summed E-state index contributed by atoms with van der Waals surface area (Å²) in [6.07, 6.45) is -9.59. The summed E-state index contributed by atoms with van der Waals surface area (Å²) in [7, 11) is 0. The van der Waals surface area contributed by atoms with Gasteiger partial charge in [-0.05, 0) is 12.1 Å². The number of alkyl halides is 6. The van der Waals surface area contributed by atoms with E-state index in [0.29, 0.717) is 10.5 Å². The van der Waals surface area contributed by atoms with Gasteiger partial charge in [-0.3, -0.25) is 15.4 Å². The summed E-state index contributed by atoms with van der Waals surface area (Å²) >= 11 is 5.81. The van der Waals surface area contributed by atoms with Crippen LogP contribution in [0, 0.1) is 10.1 Å². The van der Waals surface area contributed by atoms with Crippen molar-refractivity contribution in [2.45, 2.75) is 12.4 Å². The molecule has 2 aromatic rings. The second kappa shape index (κ2) is 9.71. The Balaban J connectivity index is 2.21. The summed E-state index contributed by atoms with van der Waals surface area (Å²) < 4.78 is 83.1. The zero-order valence-corrected chi connectivity index (χ0v) is 16.0. The number of aromatic nitrogens is 2. The molecule has 32 heavy (non-hydrogen) atoms. The Hall–Kier alpha value is -3.56. The number of halogens is 7. The van der Waals surface area contributed by atoms with Crippen LogP contribution in [0.5, 0.6) is 11.9 Å². The van der Waals surface area contributed by atoms with Crippen molar-refractivity contribution >= 4 is 35.0 Å². The quantitative estimate of drug-likeness (QED) is 0.264. The maximum absolute atomic E-state index is 12.3. The van der Waals surface area contributed by atoms with Gasteiger partial charge in [0.25, 0.3) is 5.69 Å². The lowest BCUT2D eigenvalue weighted by Gasteiger charge is -2.16. The molecule has 0 aliphatic rings. The highest BCUT2D eigenvalue weighted by Crippen LogP contribution is 2.25. The molecule has 0 aliphatic carbocycles. The van der Waals surface area contributed by atoms with Gasteiger partial charge in [0.1, 0.15) is 5.82 Å². The average Bonchev–Trinajstić information content (AvgIpc) is 2.69. The first-order valence-corrected chi connectivity index (χ1v) is 8.37. The number of nitrogens with one attached hydrogen (secondary N) is 1. The van der Waals surface area contributed by atoms with Crippen molar-refractivity contribution in [1.29, 1.82) is 0 Å². The van der Waals surface area contributed by atoms with Gasteiger partial charge in [0.2, 0.25) is 5.88 Å². The number of ether oxygens (including phenoxy) is 2. The van der Waals surface area contributed by atoms with Gasteiger partial charge in [-0.1, -0.05) is 0 Å². The fourth-order valence-corrected chi connectivity index (χ4v) is 2.04. The molecule has 0 atom stereocenters. The average molecular weight is 490 g/mol. The van der Waals surface area contributed by atoms with Crippen LogP contribution < -0.4 is 19.2 Å². The van der Waals surface area contributed by atoms with Gasteiger partial charge in [0.15, 0.2) is 13.2 Å². The monoisotopic (exact) mass is 489 g/mol. The van der Waals surface area contributed by atoms with Gasteiger partial charge in [0.05, 0.1) is 10.6 Å². The van der Waals surface area contributed by atoms with Crippen molar-refractivity contribution in [2.75, 3.05) is 22.9 Å². The van der Waals surface area contributed by atoms with Crippen molar-refractivity contribution in [3.63, 3.8) is 0 Å². The van der Waals surface area contributed by atoms with E-state index in [1.165, 1.54) is 0 Å². The summed E-state index contributed by atoms with van der Waals surface area (Å²) in [5, 5.41) is 12.7. The highest BCUT2D eigenvalue weighted by molar-refractivity contribution is 6.38. The molecule has 0 spiro atoms. The number of hydrogen-bond donors (Lipinski definition) is 1. The molecule has 0 aliphatic heterocycles. The van der Waals surface area contributed by atoms with Crippen LogP contribution in [0.15, 0.2) is 30.3 Å². The van der Waals surface area contributed by atoms with E-state index in [1.54, 1.807) is 0 Å². The number of nitro groups is 1. The van der Waals surface area contributed by atoms with Crippen molar-refractivity contribution in [3.05, 3.63) is 40.4 Å². The van der Waals surface area contributed by atoms with E-state index >= 15 is 0 Å². The van der Waals surface area contributed by atoms with Crippen LogP contribution in [0.3, 0.4) is 0 Å². The first-order valence-electron chi connectivity index (χ1n) is 8.03. The summed E-state index contributed by atoms with van der Waals surface area (Å²) in [6, 6.07) is 2.78. The number of hydrogen-bond acceptors (Lipinski definition) is 7. The smallest absolute Gasteiger partial charge is 0.422 e. The zero-order chi connectivity index (χ0) is 24.1. The number of rotatable bonds is 7. The third-order valence-electron chi connectivity index (χ3n) is 3.13. The van der Waals surface area contributed by atoms with Crippen LogP contribution in [0.25, 0.3) is 0 Å². The third kappa shape index (κ3) is 7.93. The SMILES string of the molecule is O=C(Nc1cc(OCC(F)(F)F)nc(OCC(F)(F)F)n1)N(Cl)c1ccc([N+](=O)[O-])cc1. The van der Waals surface area contributed by atoms with E-state index in [1.807, 2.05) is 5.32 Å². The molecule has 0 saturated carbocycles. The molecule has 2 amide bonds. The number of carbonyl (C=O) groups is 1. The first kappa shape index (κ1) is 24.7. The van der Waals surface area contributed by atoms with Crippen molar-refractivity contribution < 1.29 is 45.5 Å². The summed E-state index contributed by atoms with van der Waals surface area (Å²) in [5.74, 6) is -1.45. The number of non-ortho nitro benzene ring substituents is 1.